The van der Waals surface area contributed by atoms with E-state index in [9.17, 15) is 13.2 Å². The molecule has 0 aromatic rings. The number of Topliss-reactive ketones (excluding diaryl/α,β-unsaturated/α-hetero) is 1. The largest absolute Gasteiger partial charge is 0.300 e. The molecule has 0 amide bonds. The molecular weight excluding hydrogens is 260 g/mol. The minimum atomic E-state index is -3.04. The maximum atomic E-state index is 12.0. The molecule has 3 nitrogen and oxygen atoms in total. The molecule has 19 heavy (non-hydrogen) atoms. The Bertz CT molecular complexity index is 371. The summed E-state index contributed by atoms with van der Waals surface area (Å²) >= 11 is 0. The van der Waals surface area contributed by atoms with Gasteiger partial charge in [-0.25, -0.2) is 8.42 Å². The highest BCUT2D eigenvalue weighted by Gasteiger charge is 2.31. The Morgan fingerprint density at radius 3 is 2.16 bits per heavy atom. The summed E-state index contributed by atoms with van der Waals surface area (Å²) in [6, 6.07) is 0. The fourth-order valence-electron chi connectivity index (χ4n) is 1.94. The zero-order valence-electron chi connectivity index (χ0n) is 13.2. The number of hydrogen-bond donors (Lipinski definition) is 0. The Morgan fingerprint density at radius 1 is 1.16 bits per heavy atom. The maximum Gasteiger partial charge on any atom is 0.153 e. The average molecular weight is 290 g/mol. The van der Waals surface area contributed by atoms with Crippen LogP contribution in [0.1, 0.15) is 73.1 Å². The Hall–Kier alpha value is -0.380. The van der Waals surface area contributed by atoms with Crippen molar-refractivity contribution in [3.63, 3.8) is 0 Å². The first kappa shape index (κ1) is 18.6. The first-order chi connectivity index (χ1) is 8.67. The van der Waals surface area contributed by atoms with E-state index in [0.717, 1.165) is 19.3 Å². The molecule has 0 aliphatic rings. The number of ketones is 1. The molecule has 0 saturated carbocycles. The van der Waals surface area contributed by atoms with Gasteiger partial charge in [0.1, 0.15) is 5.78 Å². The summed E-state index contributed by atoms with van der Waals surface area (Å²) < 4.78 is 24.1. The zero-order chi connectivity index (χ0) is 15.1. The summed E-state index contributed by atoms with van der Waals surface area (Å²) in [7, 11) is -3.04. The standard InChI is InChI=1S/C15H30O3S/c1-6-8-9-14(16)10-11-15(5,7-2)12-19(17,18)13(3)4/h13H,6-12H2,1-5H3/t15-/m1/s1. The van der Waals surface area contributed by atoms with E-state index in [2.05, 4.69) is 6.92 Å². The topological polar surface area (TPSA) is 51.2 Å². The molecule has 0 spiro atoms. The number of unbranched alkanes of at least 4 members (excludes halogenated alkanes) is 1. The van der Waals surface area contributed by atoms with Crippen LogP contribution in [0.4, 0.5) is 0 Å². The van der Waals surface area contributed by atoms with Crippen molar-refractivity contribution in [1.82, 2.24) is 0 Å². The van der Waals surface area contributed by atoms with Gasteiger partial charge in [-0.05, 0) is 38.5 Å². The van der Waals surface area contributed by atoms with E-state index in [4.69, 9.17) is 0 Å². The van der Waals surface area contributed by atoms with Crippen LogP contribution >= 0.6 is 0 Å². The number of sulfone groups is 1. The zero-order valence-corrected chi connectivity index (χ0v) is 14.0. The van der Waals surface area contributed by atoms with E-state index in [1.54, 1.807) is 13.8 Å². The molecule has 0 unspecified atom stereocenters. The van der Waals surface area contributed by atoms with Crippen LogP contribution in [0.5, 0.6) is 0 Å². The van der Waals surface area contributed by atoms with E-state index in [0.29, 0.717) is 19.3 Å². The predicted molar refractivity (Wildman–Crippen MR) is 81.1 cm³/mol. The van der Waals surface area contributed by atoms with Crippen molar-refractivity contribution >= 4 is 15.6 Å². The molecule has 0 aliphatic carbocycles. The van der Waals surface area contributed by atoms with Crippen LogP contribution in [0.15, 0.2) is 0 Å². The summed E-state index contributed by atoms with van der Waals surface area (Å²) in [6.45, 7) is 9.50. The molecule has 0 bridgehead atoms. The fourth-order valence-corrected chi connectivity index (χ4v) is 3.60. The summed E-state index contributed by atoms with van der Waals surface area (Å²) in [5, 5.41) is -0.339. The molecular formula is C15H30O3S. The van der Waals surface area contributed by atoms with Gasteiger partial charge in [0, 0.05) is 12.8 Å². The lowest BCUT2D eigenvalue weighted by atomic mass is 9.84. The van der Waals surface area contributed by atoms with Gasteiger partial charge in [0.05, 0.1) is 11.0 Å². The Kier molecular flexibility index (Phi) is 7.87. The van der Waals surface area contributed by atoms with Gasteiger partial charge in [-0.2, -0.15) is 0 Å². The monoisotopic (exact) mass is 290 g/mol. The van der Waals surface area contributed by atoms with E-state index in [1.807, 2.05) is 13.8 Å². The third-order valence-electron chi connectivity index (χ3n) is 3.94. The van der Waals surface area contributed by atoms with E-state index < -0.39 is 9.84 Å². The van der Waals surface area contributed by atoms with Crippen LogP contribution < -0.4 is 0 Å². The highest BCUT2D eigenvalue weighted by atomic mass is 32.2. The van der Waals surface area contributed by atoms with Crippen molar-refractivity contribution in [2.24, 2.45) is 5.41 Å². The maximum absolute atomic E-state index is 12.0. The molecule has 114 valence electrons. The lowest BCUT2D eigenvalue weighted by molar-refractivity contribution is -0.119. The Balaban J connectivity index is 4.50. The van der Waals surface area contributed by atoms with Crippen LogP contribution in [0.2, 0.25) is 0 Å². The molecule has 0 aromatic carbocycles. The summed E-state index contributed by atoms with van der Waals surface area (Å²) in [4.78, 5) is 11.7. The lowest BCUT2D eigenvalue weighted by Gasteiger charge is -2.28. The van der Waals surface area contributed by atoms with Crippen molar-refractivity contribution in [2.75, 3.05) is 5.75 Å². The molecule has 0 rings (SSSR count). The Labute approximate surface area is 119 Å². The predicted octanol–water partition coefficient (Wildman–Crippen LogP) is 3.77. The second-order valence-electron chi connectivity index (χ2n) is 6.16. The van der Waals surface area contributed by atoms with Gasteiger partial charge in [-0.15, -0.1) is 0 Å². The number of rotatable bonds is 10. The fraction of sp³-hybridized carbons (Fsp3) is 0.933. The summed E-state index contributed by atoms with van der Waals surface area (Å²) in [6.07, 6.45) is 4.58. The minimum absolute atomic E-state index is 0.190. The molecule has 0 fully saturated rings. The van der Waals surface area contributed by atoms with Crippen LogP contribution in [0.25, 0.3) is 0 Å². The van der Waals surface area contributed by atoms with E-state index >= 15 is 0 Å². The van der Waals surface area contributed by atoms with Crippen molar-refractivity contribution in [2.45, 2.75) is 78.4 Å². The third-order valence-corrected chi connectivity index (χ3v) is 6.47. The molecule has 0 N–H and O–H groups in total. The lowest BCUT2D eigenvalue weighted by Crippen LogP contribution is -2.31. The van der Waals surface area contributed by atoms with Gasteiger partial charge in [0.25, 0.3) is 0 Å². The van der Waals surface area contributed by atoms with Crippen molar-refractivity contribution in [1.29, 1.82) is 0 Å². The molecule has 0 heterocycles. The molecule has 4 heteroatoms. The SMILES string of the molecule is CCCCC(=O)CC[C@@](C)(CC)CS(=O)(=O)C(C)C. The minimum Gasteiger partial charge on any atom is -0.300 e. The first-order valence-electron chi connectivity index (χ1n) is 7.40. The molecule has 1 atom stereocenters. The normalized spacial score (nSPS) is 15.5. The van der Waals surface area contributed by atoms with Gasteiger partial charge in [-0.1, -0.05) is 27.2 Å². The van der Waals surface area contributed by atoms with Gasteiger partial charge in [-0.3, -0.25) is 4.79 Å². The Morgan fingerprint density at radius 2 is 1.74 bits per heavy atom. The van der Waals surface area contributed by atoms with Crippen LogP contribution in [0, 0.1) is 5.41 Å². The number of carbonyl (C=O) groups is 1. The van der Waals surface area contributed by atoms with Crippen molar-refractivity contribution < 1.29 is 13.2 Å². The van der Waals surface area contributed by atoms with E-state index in [-0.39, 0.29) is 22.2 Å². The highest BCUT2D eigenvalue weighted by Crippen LogP contribution is 2.31. The highest BCUT2D eigenvalue weighted by molar-refractivity contribution is 7.92. The second kappa shape index (κ2) is 8.03. The van der Waals surface area contributed by atoms with Gasteiger partial charge >= 0.3 is 0 Å². The summed E-state index contributed by atoms with van der Waals surface area (Å²) in [5.41, 5.74) is -0.273. The molecule has 0 saturated heterocycles. The van der Waals surface area contributed by atoms with Crippen LogP contribution in [-0.2, 0) is 14.6 Å². The molecule has 0 radical (unpaired) electrons. The van der Waals surface area contributed by atoms with Crippen LogP contribution in [0.3, 0.4) is 0 Å². The third kappa shape index (κ3) is 7.09. The average Bonchev–Trinajstić information content (AvgIpc) is 2.33. The second-order valence-corrected chi connectivity index (χ2v) is 8.72. The van der Waals surface area contributed by atoms with Crippen molar-refractivity contribution in [3.8, 4) is 0 Å². The number of carbonyl (C=O) groups excluding carboxylic acids is 1. The van der Waals surface area contributed by atoms with Gasteiger partial charge < -0.3 is 0 Å². The summed E-state index contributed by atoms with van der Waals surface area (Å²) in [5.74, 6) is 0.457. The van der Waals surface area contributed by atoms with Crippen LogP contribution in [-0.4, -0.2) is 25.2 Å². The molecule has 0 aliphatic heterocycles. The first-order valence-corrected chi connectivity index (χ1v) is 9.11. The van der Waals surface area contributed by atoms with E-state index in [1.165, 1.54) is 0 Å². The smallest absolute Gasteiger partial charge is 0.153 e. The van der Waals surface area contributed by atoms with Gasteiger partial charge in [0.15, 0.2) is 9.84 Å². The molecule has 0 aromatic heterocycles. The van der Waals surface area contributed by atoms with Gasteiger partial charge in [0.2, 0.25) is 0 Å². The number of hydrogen-bond acceptors (Lipinski definition) is 3. The van der Waals surface area contributed by atoms with Crippen molar-refractivity contribution in [3.05, 3.63) is 0 Å². The quantitative estimate of drug-likeness (QED) is 0.615.